The van der Waals surface area contributed by atoms with Gasteiger partial charge in [0.2, 0.25) is 0 Å². The van der Waals surface area contributed by atoms with E-state index in [1.165, 1.54) is 11.6 Å². The molecule has 3 nitrogen and oxygen atoms in total. The molecule has 1 aliphatic heterocycles. The van der Waals surface area contributed by atoms with E-state index in [0.717, 1.165) is 25.7 Å². The molecule has 108 valence electrons. The molecule has 20 heavy (non-hydrogen) atoms. The third-order valence-electron chi connectivity index (χ3n) is 3.57. The molecule has 0 spiro atoms. The minimum Gasteiger partial charge on any atom is -0.459 e. The Hall–Kier alpha value is -1.61. The van der Waals surface area contributed by atoms with Crippen LogP contribution in [0.15, 0.2) is 42.5 Å². The molecule has 0 radical (unpaired) electrons. The van der Waals surface area contributed by atoms with E-state index >= 15 is 0 Å². The van der Waals surface area contributed by atoms with Gasteiger partial charge in [-0.25, -0.2) is 4.79 Å². The van der Waals surface area contributed by atoms with Crippen LogP contribution in [0.2, 0.25) is 0 Å². The van der Waals surface area contributed by atoms with E-state index in [1.54, 1.807) is 0 Å². The lowest BCUT2D eigenvalue weighted by atomic mass is 10.0. The zero-order chi connectivity index (χ0) is 14.2. The molecule has 0 fully saturated rings. The van der Waals surface area contributed by atoms with Crippen molar-refractivity contribution in [3.8, 4) is 0 Å². The summed E-state index contributed by atoms with van der Waals surface area (Å²) in [7, 11) is 0. The molecule has 1 aromatic carbocycles. The maximum atomic E-state index is 11.1. The Kier molecular flexibility index (Phi) is 5.81. The van der Waals surface area contributed by atoms with Crippen molar-refractivity contribution >= 4 is 5.97 Å². The number of cyclic esters (lactones) is 1. The fourth-order valence-corrected chi connectivity index (χ4v) is 2.49. The van der Waals surface area contributed by atoms with Gasteiger partial charge in [0.15, 0.2) is 0 Å². The van der Waals surface area contributed by atoms with Crippen LogP contribution in [0.1, 0.15) is 37.7 Å². The van der Waals surface area contributed by atoms with Crippen molar-refractivity contribution in [1.82, 2.24) is 0 Å². The predicted octanol–water partition coefficient (Wildman–Crippen LogP) is 3.02. The topological polar surface area (TPSA) is 46.5 Å². The molecule has 3 heteroatoms. The van der Waals surface area contributed by atoms with Crippen molar-refractivity contribution in [1.29, 1.82) is 0 Å². The number of rotatable bonds is 7. The maximum Gasteiger partial charge on any atom is 0.330 e. The number of esters is 1. The first kappa shape index (κ1) is 14.8. The number of aliphatic hydroxyl groups is 1. The quantitative estimate of drug-likeness (QED) is 0.614. The Bertz CT molecular complexity index is 439. The monoisotopic (exact) mass is 274 g/mol. The molecule has 1 aromatic rings. The van der Waals surface area contributed by atoms with E-state index in [4.69, 9.17) is 4.74 Å². The SMILES string of the molecule is O=C1C=CC[C@H](C[C@@H](O)CCCCc2ccccc2)O1. The van der Waals surface area contributed by atoms with Crippen molar-refractivity contribution in [3.63, 3.8) is 0 Å². The Balaban J connectivity index is 1.59. The van der Waals surface area contributed by atoms with Crippen molar-refractivity contribution in [2.24, 2.45) is 0 Å². The van der Waals surface area contributed by atoms with Crippen LogP contribution in [0, 0.1) is 0 Å². The van der Waals surface area contributed by atoms with Gasteiger partial charge in [0.25, 0.3) is 0 Å². The van der Waals surface area contributed by atoms with Crippen molar-refractivity contribution < 1.29 is 14.6 Å². The highest BCUT2D eigenvalue weighted by Gasteiger charge is 2.19. The van der Waals surface area contributed by atoms with Gasteiger partial charge in [-0.3, -0.25) is 0 Å². The van der Waals surface area contributed by atoms with Gasteiger partial charge in [0.05, 0.1) is 6.10 Å². The summed E-state index contributed by atoms with van der Waals surface area (Å²) in [6.45, 7) is 0. The molecule has 0 bridgehead atoms. The molecule has 0 amide bonds. The third-order valence-corrected chi connectivity index (χ3v) is 3.57. The molecule has 1 aliphatic rings. The normalized spacial score (nSPS) is 19.6. The maximum absolute atomic E-state index is 11.1. The number of hydrogen-bond acceptors (Lipinski definition) is 3. The van der Waals surface area contributed by atoms with Gasteiger partial charge < -0.3 is 9.84 Å². The van der Waals surface area contributed by atoms with E-state index in [9.17, 15) is 9.90 Å². The summed E-state index contributed by atoms with van der Waals surface area (Å²) in [5.74, 6) is -0.294. The Morgan fingerprint density at radius 2 is 2.05 bits per heavy atom. The second kappa shape index (κ2) is 7.85. The highest BCUT2D eigenvalue weighted by molar-refractivity contribution is 5.82. The van der Waals surface area contributed by atoms with Gasteiger partial charge in [0.1, 0.15) is 6.10 Å². The molecular formula is C17H22O3. The van der Waals surface area contributed by atoms with E-state index in [-0.39, 0.29) is 18.2 Å². The molecule has 1 N–H and O–H groups in total. The van der Waals surface area contributed by atoms with Crippen LogP contribution in [0.25, 0.3) is 0 Å². The molecule has 2 rings (SSSR count). The molecular weight excluding hydrogens is 252 g/mol. The number of carbonyl (C=O) groups is 1. The minimum atomic E-state index is -0.380. The number of hydrogen-bond donors (Lipinski definition) is 1. The van der Waals surface area contributed by atoms with Gasteiger partial charge in [-0.15, -0.1) is 0 Å². The lowest BCUT2D eigenvalue weighted by Gasteiger charge is -2.21. The zero-order valence-corrected chi connectivity index (χ0v) is 11.7. The van der Waals surface area contributed by atoms with Gasteiger partial charge in [-0.2, -0.15) is 0 Å². The largest absolute Gasteiger partial charge is 0.459 e. The standard InChI is InChI=1S/C17H22O3/c18-15(13-16-11-6-12-17(19)20-16)10-5-4-9-14-7-2-1-3-8-14/h1-3,6-8,12,15-16,18H,4-5,9-11,13H2/t15-,16+/m0/s1. The predicted molar refractivity (Wildman–Crippen MR) is 78.3 cm³/mol. The Morgan fingerprint density at radius 3 is 2.80 bits per heavy atom. The smallest absolute Gasteiger partial charge is 0.330 e. The van der Waals surface area contributed by atoms with E-state index in [2.05, 4.69) is 24.3 Å². The summed E-state index contributed by atoms with van der Waals surface area (Å²) in [5, 5.41) is 9.97. The average molecular weight is 274 g/mol. The van der Waals surface area contributed by atoms with Gasteiger partial charge in [-0.1, -0.05) is 42.8 Å². The minimum absolute atomic E-state index is 0.156. The van der Waals surface area contributed by atoms with Crippen LogP contribution in [0.3, 0.4) is 0 Å². The summed E-state index contributed by atoms with van der Waals surface area (Å²) < 4.78 is 5.15. The fourth-order valence-electron chi connectivity index (χ4n) is 2.49. The lowest BCUT2D eigenvalue weighted by Crippen LogP contribution is -2.25. The third kappa shape index (κ3) is 5.17. The average Bonchev–Trinajstić information content (AvgIpc) is 2.45. The number of aryl methyl sites for hydroxylation is 1. The molecule has 0 aromatic heterocycles. The van der Waals surface area contributed by atoms with Crippen LogP contribution in [0.5, 0.6) is 0 Å². The molecule has 0 saturated carbocycles. The first-order valence-corrected chi connectivity index (χ1v) is 7.33. The molecule has 2 atom stereocenters. The van der Waals surface area contributed by atoms with Gasteiger partial charge in [0, 0.05) is 18.9 Å². The van der Waals surface area contributed by atoms with Crippen LogP contribution in [0.4, 0.5) is 0 Å². The lowest BCUT2D eigenvalue weighted by molar-refractivity contribution is -0.145. The first-order valence-electron chi connectivity index (χ1n) is 7.33. The van der Waals surface area contributed by atoms with E-state index < -0.39 is 0 Å². The van der Waals surface area contributed by atoms with E-state index in [0.29, 0.717) is 12.8 Å². The van der Waals surface area contributed by atoms with Crippen LogP contribution < -0.4 is 0 Å². The Morgan fingerprint density at radius 1 is 1.25 bits per heavy atom. The molecule has 0 saturated heterocycles. The number of aliphatic hydroxyl groups excluding tert-OH is 1. The van der Waals surface area contributed by atoms with Crippen LogP contribution >= 0.6 is 0 Å². The molecule has 1 heterocycles. The summed E-state index contributed by atoms with van der Waals surface area (Å²) in [6.07, 6.45) is 7.87. The highest BCUT2D eigenvalue weighted by Crippen LogP contribution is 2.16. The van der Waals surface area contributed by atoms with Crippen LogP contribution in [-0.4, -0.2) is 23.3 Å². The summed E-state index contributed by atoms with van der Waals surface area (Å²) in [4.78, 5) is 11.1. The summed E-state index contributed by atoms with van der Waals surface area (Å²) in [5.41, 5.74) is 1.34. The number of carbonyl (C=O) groups excluding carboxylic acids is 1. The number of ether oxygens (including phenoxy) is 1. The number of benzene rings is 1. The second-order valence-electron chi connectivity index (χ2n) is 5.32. The Labute approximate surface area is 120 Å². The first-order chi connectivity index (χ1) is 9.74. The van der Waals surface area contributed by atoms with E-state index in [1.807, 2.05) is 12.1 Å². The van der Waals surface area contributed by atoms with Crippen LogP contribution in [-0.2, 0) is 16.0 Å². The summed E-state index contributed by atoms with van der Waals surface area (Å²) >= 11 is 0. The molecule has 0 unspecified atom stereocenters. The zero-order valence-electron chi connectivity index (χ0n) is 11.7. The van der Waals surface area contributed by atoms with Gasteiger partial charge >= 0.3 is 5.97 Å². The highest BCUT2D eigenvalue weighted by atomic mass is 16.5. The fraction of sp³-hybridized carbons (Fsp3) is 0.471. The molecule has 0 aliphatic carbocycles. The summed E-state index contributed by atoms with van der Waals surface area (Å²) in [6, 6.07) is 10.4. The number of unbranched alkanes of at least 4 members (excludes halogenated alkanes) is 1. The van der Waals surface area contributed by atoms with Gasteiger partial charge in [-0.05, 0) is 24.8 Å². The van der Waals surface area contributed by atoms with Crippen molar-refractivity contribution in [3.05, 3.63) is 48.0 Å². The van der Waals surface area contributed by atoms with Crippen molar-refractivity contribution in [2.45, 2.75) is 50.7 Å². The second-order valence-corrected chi connectivity index (χ2v) is 5.32. The van der Waals surface area contributed by atoms with Crippen molar-refractivity contribution in [2.75, 3.05) is 0 Å².